The number of fused-ring (bicyclic) bond motifs is 1. The number of anilines is 1. The second-order valence-electron chi connectivity index (χ2n) is 6.39. The number of aromatic nitrogens is 4. The lowest BCUT2D eigenvalue weighted by atomic mass is 10.1. The van der Waals surface area contributed by atoms with Gasteiger partial charge in [-0.15, -0.1) is 0 Å². The summed E-state index contributed by atoms with van der Waals surface area (Å²) in [6.45, 7) is 0.619. The van der Waals surface area contributed by atoms with Gasteiger partial charge in [-0.3, -0.25) is 9.67 Å². The number of nitrogens with one attached hydrogen (secondary N) is 1. The van der Waals surface area contributed by atoms with E-state index in [2.05, 4.69) is 15.4 Å². The largest absolute Gasteiger partial charge is 0.497 e. The fourth-order valence-electron chi connectivity index (χ4n) is 3.01. The summed E-state index contributed by atoms with van der Waals surface area (Å²) in [7, 11) is 5.18. The molecular weight excluding hydrogens is 354 g/mol. The first-order valence-corrected chi connectivity index (χ1v) is 8.87. The summed E-state index contributed by atoms with van der Waals surface area (Å²) in [5, 5.41) is 7.62. The Bertz CT molecular complexity index is 1120. The van der Waals surface area contributed by atoms with E-state index >= 15 is 0 Å². The van der Waals surface area contributed by atoms with Crippen LogP contribution in [0.4, 0.5) is 5.69 Å². The van der Waals surface area contributed by atoms with Crippen molar-refractivity contribution in [1.82, 2.24) is 19.7 Å². The van der Waals surface area contributed by atoms with Gasteiger partial charge in [-0.05, 0) is 30.3 Å². The van der Waals surface area contributed by atoms with Gasteiger partial charge in [0.2, 0.25) is 0 Å². The van der Waals surface area contributed by atoms with Crippen LogP contribution in [0, 0.1) is 0 Å². The van der Waals surface area contributed by atoms with E-state index in [0.717, 1.165) is 45.0 Å². The Morgan fingerprint density at radius 3 is 2.64 bits per heavy atom. The molecule has 0 atom stereocenters. The number of methoxy groups -OCH3 is 2. The Morgan fingerprint density at radius 2 is 1.89 bits per heavy atom. The highest BCUT2D eigenvalue weighted by Gasteiger charge is 2.08. The molecule has 7 heteroatoms. The molecule has 0 aliphatic carbocycles. The van der Waals surface area contributed by atoms with E-state index in [4.69, 9.17) is 14.5 Å². The highest BCUT2D eigenvalue weighted by molar-refractivity contribution is 5.80. The average molecular weight is 375 g/mol. The van der Waals surface area contributed by atoms with Crippen LogP contribution >= 0.6 is 0 Å². The summed E-state index contributed by atoms with van der Waals surface area (Å²) < 4.78 is 12.5. The van der Waals surface area contributed by atoms with Gasteiger partial charge in [0, 0.05) is 42.7 Å². The van der Waals surface area contributed by atoms with Gasteiger partial charge in [0.1, 0.15) is 11.5 Å². The SMILES string of the molecule is COc1ccc(CNc2ccc3ncc(-c4cnn(C)c4)nc3c2)c(OC)c1. The molecule has 28 heavy (non-hydrogen) atoms. The minimum atomic E-state index is 0.619. The molecule has 0 radical (unpaired) electrons. The van der Waals surface area contributed by atoms with E-state index in [-0.39, 0.29) is 0 Å². The quantitative estimate of drug-likeness (QED) is 0.554. The van der Waals surface area contributed by atoms with Crippen molar-refractivity contribution in [2.75, 3.05) is 19.5 Å². The molecule has 0 aliphatic heterocycles. The summed E-state index contributed by atoms with van der Waals surface area (Å²) in [5.74, 6) is 1.55. The van der Waals surface area contributed by atoms with Crippen molar-refractivity contribution in [2.45, 2.75) is 6.54 Å². The molecule has 4 rings (SSSR count). The summed E-state index contributed by atoms with van der Waals surface area (Å²) in [6.07, 6.45) is 5.48. The van der Waals surface area contributed by atoms with Crippen LogP contribution in [0.2, 0.25) is 0 Å². The normalized spacial score (nSPS) is 10.8. The van der Waals surface area contributed by atoms with Crippen molar-refractivity contribution < 1.29 is 9.47 Å². The van der Waals surface area contributed by atoms with Gasteiger partial charge in [-0.2, -0.15) is 5.10 Å². The minimum absolute atomic E-state index is 0.619. The first-order valence-electron chi connectivity index (χ1n) is 8.87. The van der Waals surface area contributed by atoms with Crippen molar-refractivity contribution in [1.29, 1.82) is 0 Å². The van der Waals surface area contributed by atoms with Gasteiger partial charge in [-0.25, -0.2) is 4.98 Å². The molecule has 0 saturated carbocycles. The van der Waals surface area contributed by atoms with Crippen LogP contribution in [0.1, 0.15) is 5.56 Å². The van der Waals surface area contributed by atoms with Gasteiger partial charge in [0.15, 0.2) is 0 Å². The number of hydrogen-bond donors (Lipinski definition) is 1. The predicted octanol–water partition coefficient (Wildman–Crippen LogP) is 3.66. The Labute approximate surface area is 163 Å². The first-order chi connectivity index (χ1) is 13.7. The second-order valence-corrected chi connectivity index (χ2v) is 6.39. The number of hydrogen-bond acceptors (Lipinski definition) is 6. The molecule has 1 N–H and O–H groups in total. The Kier molecular flexibility index (Phi) is 4.80. The number of ether oxygens (including phenoxy) is 2. The summed E-state index contributed by atoms with van der Waals surface area (Å²) in [5.41, 5.74) is 5.42. The van der Waals surface area contributed by atoms with E-state index in [0.29, 0.717) is 6.54 Å². The maximum atomic E-state index is 5.46. The lowest BCUT2D eigenvalue weighted by Gasteiger charge is -2.12. The summed E-state index contributed by atoms with van der Waals surface area (Å²) in [4.78, 5) is 9.25. The van der Waals surface area contributed by atoms with Crippen molar-refractivity contribution in [3.05, 3.63) is 60.6 Å². The third kappa shape index (κ3) is 3.59. The smallest absolute Gasteiger partial charge is 0.127 e. The van der Waals surface area contributed by atoms with Crippen molar-refractivity contribution >= 4 is 16.7 Å². The molecule has 2 aromatic carbocycles. The van der Waals surface area contributed by atoms with Crippen molar-refractivity contribution in [3.63, 3.8) is 0 Å². The summed E-state index contributed by atoms with van der Waals surface area (Å²) >= 11 is 0. The van der Waals surface area contributed by atoms with Gasteiger partial charge < -0.3 is 14.8 Å². The number of nitrogens with zero attached hydrogens (tertiary/aromatic N) is 4. The third-order valence-electron chi connectivity index (χ3n) is 4.52. The van der Waals surface area contributed by atoms with Crippen LogP contribution in [0.25, 0.3) is 22.3 Å². The van der Waals surface area contributed by atoms with Gasteiger partial charge >= 0.3 is 0 Å². The molecule has 142 valence electrons. The third-order valence-corrected chi connectivity index (χ3v) is 4.52. The highest BCUT2D eigenvalue weighted by Crippen LogP contribution is 2.26. The maximum absolute atomic E-state index is 5.46. The monoisotopic (exact) mass is 375 g/mol. The molecule has 0 fully saturated rings. The van der Waals surface area contributed by atoms with Gasteiger partial charge in [-0.1, -0.05) is 0 Å². The molecule has 0 spiro atoms. The molecule has 0 saturated heterocycles. The second kappa shape index (κ2) is 7.56. The standard InChI is InChI=1S/C21H21N5O2/c1-26-13-15(11-24-26)20-12-23-18-7-5-16(8-19(18)25-20)22-10-14-4-6-17(27-2)9-21(14)28-3/h4-9,11-13,22H,10H2,1-3H3. The molecule has 7 nitrogen and oxygen atoms in total. The molecular formula is C21H21N5O2. The lowest BCUT2D eigenvalue weighted by molar-refractivity contribution is 0.391. The van der Waals surface area contributed by atoms with Crippen LogP contribution in [-0.2, 0) is 13.6 Å². The Balaban J connectivity index is 1.57. The molecule has 0 aliphatic rings. The van der Waals surface area contributed by atoms with E-state index in [1.54, 1.807) is 31.3 Å². The molecule has 0 unspecified atom stereocenters. The van der Waals surface area contributed by atoms with Crippen LogP contribution in [0.3, 0.4) is 0 Å². The van der Waals surface area contributed by atoms with E-state index in [9.17, 15) is 0 Å². The van der Waals surface area contributed by atoms with Gasteiger partial charge in [0.05, 0.1) is 43.3 Å². The fourth-order valence-corrected chi connectivity index (χ4v) is 3.01. The predicted molar refractivity (Wildman–Crippen MR) is 109 cm³/mol. The Hall–Kier alpha value is -3.61. The highest BCUT2D eigenvalue weighted by atomic mass is 16.5. The van der Waals surface area contributed by atoms with E-state index in [1.807, 2.05) is 49.6 Å². The average Bonchev–Trinajstić information content (AvgIpc) is 3.17. The van der Waals surface area contributed by atoms with Crippen LogP contribution in [0.5, 0.6) is 11.5 Å². The number of benzene rings is 2. The molecule has 2 heterocycles. The Morgan fingerprint density at radius 1 is 1.00 bits per heavy atom. The van der Waals surface area contributed by atoms with Crippen molar-refractivity contribution in [2.24, 2.45) is 7.05 Å². The molecule has 0 bridgehead atoms. The lowest BCUT2D eigenvalue weighted by Crippen LogP contribution is -2.02. The van der Waals surface area contributed by atoms with Crippen molar-refractivity contribution in [3.8, 4) is 22.8 Å². The molecule has 0 amide bonds. The zero-order valence-corrected chi connectivity index (χ0v) is 16.0. The van der Waals surface area contributed by atoms with Crippen LogP contribution < -0.4 is 14.8 Å². The van der Waals surface area contributed by atoms with E-state index < -0.39 is 0 Å². The van der Waals surface area contributed by atoms with Gasteiger partial charge in [0.25, 0.3) is 0 Å². The number of rotatable bonds is 6. The fraction of sp³-hybridized carbons (Fsp3) is 0.190. The zero-order chi connectivity index (χ0) is 19.5. The molecule has 4 aromatic rings. The first kappa shape index (κ1) is 17.8. The van der Waals surface area contributed by atoms with E-state index in [1.165, 1.54) is 0 Å². The zero-order valence-electron chi connectivity index (χ0n) is 16.0. The molecule has 2 aromatic heterocycles. The topological polar surface area (TPSA) is 74.1 Å². The number of aryl methyl sites for hydroxylation is 1. The van der Waals surface area contributed by atoms with Crippen LogP contribution in [0.15, 0.2) is 55.0 Å². The minimum Gasteiger partial charge on any atom is -0.497 e. The maximum Gasteiger partial charge on any atom is 0.127 e. The van der Waals surface area contributed by atoms with Crippen LogP contribution in [-0.4, -0.2) is 34.0 Å². The summed E-state index contributed by atoms with van der Waals surface area (Å²) in [6, 6.07) is 11.7.